The Morgan fingerprint density at radius 1 is 1.11 bits per heavy atom. The molecule has 28 heavy (non-hydrogen) atoms. The van der Waals surface area contributed by atoms with Crippen molar-refractivity contribution < 1.29 is 4.79 Å². The summed E-state index contributed by atoms with van der Waals surface area (Å²) in [7, 11) is 0. The molecule has 1 aliphatic heterocycles. The summed E-state index contributed by atoms with van der Waals surface area (Å²) in [5.41, 5.74) is 8.88. The monoisotopic (exact) mass is 443 g/mol. The van der Waals surface area contributed by atoms with Crippen LogP contribution in [0.2, 0.25) is 5.02 Å². The minimum Gasteiger partial charge on any atom is -0.399 e. The summed E-state index contributed by atoms with van der Waals surface area (Å²) in [5, 5.41) is 3.84. The molecule has 1 fully saturated rings. The van der Waals surface area contributed by atoms with E-state index in [2.05, 4.69) is 16.3 Å². The lowest BCUT2D eigenvalue weighted by atomic mass is 10.0. The number of nitrogens with two attached hydrogens (primary N) is 1. The van der Waals surface area contributed by atoms with Gasteiger partial charge >= 0.3 is 0 Å². The quantitative estimate of drug-likeness (QED) is 0.611. The lowest BCUT2D eigenvalue weighted by Gasteiger charge is -2.28. The van der Waals surface area contributed by atoms with Crippen LogP contribution in [-0.2, 0) is 11.2 Å². The Hall–Kier alpha value is -1.46. The molecular formula is C21H28Cl3N3O. The molecule has 2 aromatic carbocycles. The van der Waals surface area contributed by atoms with Gasteiger partial charge in [0, 0.05) is 23.7 Å². The molecule has 0 spiro atoms. The van der Waals surface area contributed by atoms with Gasteiger partial charge in [0.2, 0.25) is 5.91 Å². The second kappa shape index (κ2) is 12.2. The molecule has 154 valence electrons. The minimum absolute atomic E-state index is 0. The van der Waals surface area contributed by atoms with Crippen LogP contribution in [0.15, 0.2) is 48.5 Å². The zero-order chi connectivity index (χ0) is 18.4. The van der Waals surface area contributed by atoms with Crippen LogP contribution >= 0.6 is 36.4 Å². The molecule has 1 heterocycles. The van der Waals surface area contributed by atoms with Gasteiger partial charge in [0.1, 0.15) is 0 Å². The fourth-order valence-corrected chi connectivity index (χ4v) is 3.73. The molecule has 0 radical (unpaired) electrons. The van der Waals surface area contributed by atoms with E-state index in [1.54, 1.807) is 0 Å². The van der Waals surface area contributed by atoms with Crippen LogP contribution in [-0.4, -0.2) is 30.4 Å². The SMILES string of the molecule is Cl.Cl.Nc1ccccc1CCC(=O)NCC(c1cccc(Cl)c1)N1CCCC1. The van der Waals surface area contributed by atoms with Gasteiger partial charge in [0.25, 0.3) is 0 Å². The number of nitrogen functional groups attached to an aromatic ring is 1. The van der Waals surface area contributed by atoms with E-state index in [0.29, 0.717) is 19.4 Å². The Morgan fingerprint density at radius 2 is 1.82 bits per heavy atom. The third-order valence-electron chi connectivity index (χ3n) is 4.98. The first-order valence-corrected chi connectivity index (χ1v) is 9.61. The molecule has 3 rings (SSSR count). The first-order chi connectivity index (χ1) is 12.6. The van der Waals surface area contributed by atoms with E-state index in [9.17, 15) is 4.79 Å². The number of amides is 1. The maximum atomic E-state index is 12.3. The van der Waals surface area contributed by atoms with Crippen LogP contribution in [0, 0.1) is 0 Å². The molecule has 1 aliphatic rings. The molecular weight excluding hydrogens is 417 g/mol. The highest BCUT2D eigenvalue weighted by atomic mass is 35.5. The lowest BCUT2D eigenvalue weighted by Crippen LogP contribution is -2.36. The van der Waals surface area contributed by atoms with Crippen LogP contribution in [0.3, 0.4) is 0 Å². The summed E-state index contributed by atoms with van der Waals surface area (Å²) < 4.78 is 0. The van der Waals surface area contributed by atoms with Crippen molar-refractivity contribution in [2.45, 2.75) is 31.7 Å². The zero-order valence-corrected chi connectivity index (χ0v) is 18.2. The molecule has 1 unspecified atom stereocenters. The first-order valence-electron chi connectivity index (χ1n) is 9.23. The molecule has 3 N–H and O–H groups in total. The van der Waals surface area contributed by atoms with Gasteiger partial charge in [0.15, 0.2) is 0 Å². The Bertz CT molecular complexity index is 751. The van der Waals surface area contributed by atoms with E-state index in [1.807, 2.05) is 42.5 Å². The van der Waals surface area contributed by atoms with Gasteiger partial charge in [-0.3, -0.25) is 9.69 Å². The number of carbonyl (C=O) groups is 1. The van der Waals surface area contributed by atoms with E-state index in [1.165, 1.54) is 12.8 Å². The second-order valence-corrected chi connectivity index (χ2v) is 7.25. The molecule has 0 bridgehead atoms. The van der Waals surface area contributed by atoms with Gasteiger partial charge in [-0.1, -0.05) is 41.9 Å². The summed E-state index contributed by atoms with van der Waals surface area (Å²) in [6, 6.07) is 15.8. The number of rotatable bonds is 7. The highest BCUT2D eigenvalue weighted by Crippen LogP contribution is 2.26. The number of anilines is 1. The van der Waals surface area contributed by atoms with Crippen molar-refractivity contribution in [2.75, 3.05) is 25.4 Å². The fourth-order valence-electron chi connectivity index (χ4n) is 3.53. The number of carbonyl (C=O) groups excluding carboxylic acids is 1. The molecule has 0 saturated carbocycles. The molecule has 0 aliphatic carbocycles. The second-order valence-electron chi connectivity index (χ2n) is 6.82. The van der Waals surface area contributed by atoms with Crippen molar-refractivity contribution in [2.24, 2.45) is 0 Å². The number of hydrogen-bond donors (Lipinski definition) is 2. The topological polar surface area (TPSA) is 58.4 Å². The van der Waals surface area contributed by atoms with Gasteiger partial charge in [-0.25, -0.2) is 0 Å². The number of hydrogen-bond acceptors (Lipinski definition) is 3. The molecule has 0 aromatic heterocycles. The van der Waals surface area contributed by atoms with Crippen molar-refractivity contribution in [3.05, 3.63) is 64.7 Å². The van der Waals surface area contributed by atoms with Crippen LogP contribution < -0.4 is 11.1 Å². The van der Waals surface area contributed by atoms with Crippen LogP contribution in [0.25, 0.3) is 0 Å². The summed E-state index contributed by atoms with van der Waals surface area (Å²) in [6.45, 7) is 2.73. The maximum absolute atomic E-state index is 12.3. The van der Waals surface area contributed by atoms with Crippen LogP contribution in [0.4, 0.5) is 5.69 Å². The Balaban J connectivity index is 0.00000196. The highest BCUT2D eigenvalue weighted by molar-refractivity contribution is 6.30. The average molecular weight is 445 g/mol. The number of likely N-dealkylation sites (tertiary alicyclic amines) is 1. The van der Waals surface area contributed by atoms with Crippen molar-refractivity contribution in [3.63, 3.8) is 0 Å². The minimum atomic E-state index is 0. The number of benzene rings is 2. The van der Waals surface area contributed by atoms with Gasteiger partial charge < -0.3 is 11.1 Å². The third kappa shape index (κ3) is 6.85. The largest absolute Gasteiger partial charge is 0.399 e. The molecule has 1 atom stereocenters. The zero-order valence-electron chi connectivity index (χ0n) is 15.8. The van der Waals surface area contributed by atoms with Crippen molar-refractivity contribution in [1.82, 2.24) is 10.2 Å². The van der Waals surface area contributed by atoms with Crippen LogP contribution in [0.5, 0.6) is 0 Å². The van der Waals surface area contributed by atoms with Gasteiger partial charge in [-0.2, -0.15) is 0 Å². The number of aryl methyl sites for hydroxylation is 1. The predicted octanol–water partition coefficient (Wildman–Crippen LogP) is 4.65. The number of para-hydroxylation sites is 1. The third-order valence-corrected chi connectivity index (χ3v) is 5.22. The van der Waals surface area contributed by atoms with Gasteiger partial charge in [-0.15, -0.1) is 24.8 Å². The van der Waals surface area contributed by atoms with E-state index >= 15 is 0 Å². The van der Waals surface area contributed by atoms with Crippen LogP contribution in [0.1, 0.15) is 36.4 Å². The van der Waals surface area contributed by atoms with E-state index in [0.717, 1.165) is 34.9 Å². The maximum Gasteiger partial charge on any atom is 0.220 e. The van der Waals surface area contributed by atoms with E-state index < -0.39 is 0 Å². The van der Waals surface area contributed by atoms with E-state index in [-0.39, 0.29) is 36.8 Å². The molecule has 4 nitrogen and oxygen atoms in total. The number of nitrogens with zero attached hydrogens (tertiary/aromatic N) is 1. The molecule has 2 aromatic rings. The van der Waals surface area contributed by atoms with Gasteiger partial charge in [-0.05, 0) is 61.7 Å². The summed E-state index contributed by atoms with van der Waals surface area (Å²) in [4.78, 5) is 14.8. The van der Waals surface area contributed by atoms with E-state index in [4.69, 9.17) is 17.3 Å². The standard InChI is InChI=1S/C21H26ClN3O.2ClH/c22-18-8-5-7-17(14-18)20(25-12-3-4-13-25)15-24-21(26)11-10-16-6-1-2-9-19(16)23;;/h1-2,5-9,14,20H,3-4,10-13,15,23H2,(H,24,26);2*1H. The Labute approximate surface area is 184 Å². The van der Waals surface area contributed by atoms with Gasteiger partial charge in [0.05, 0.1) is 6.04 Å². The molecule has 7 heteroatoms. The number of halogens is 3. The average Bonchev–Trinajstić information content (AvgIpc) is 3.16. The first kappa shape index (κ1) is 24.6. The Kier molecular flexibility index (Phi) is 10.7. The fraction of sp³-hybridized carbons (Fsp3) is 0.381. The van der Waals surface area contributed by atoms with Crippen molar-refractivity contribution in [1.29, 1.82) is 0 Å². The number of nitrogens with one attached hydrogen (secondary N) is 1. The molecule has 1 saturated heterocycles. The Morgan fingerprint density at radius 3 is 2.50 bits per heavy atom. The smallest absolute Gasteiger partial charge is 0.220 e. The predicted molar refractivity (Wildman–Crippen MR) is 122 cm³/mol. The lowest BCUT2D eigenvalue weighted by molar-refractivity contribution is -0.121. The molecule has 1 amide bonds. The summed E-state index contributed by atoms with van der Waals surface area (Å²) >= 11 is 6.17. The summed E-state index contributed by atoms with van der Waals surface area (Å²) in [5.74, 6) is 0.0551. The summed E-state index contributed by atoms with van der Waals surface area (Å²) in [6.07, 6.45) is 3.51. The normalized spacial score (nSPS) is 14.6. The van der Waals surface area contributed by atoms with Crippen molar-refractivity contribution >= 4 is 48.0 Å². The highest BCUT2D eigenvalue weighted by Gasteiger charge is 2.24. The van der Waals surface area contributed by atoms with Crippen molar-refractivity contribution in [3.8, 4) is 0 Å².